The van der Waals surface area contributed by atoms with Gasteiger partial charge in [-0.3, -0.25) is 4.79 Å². The Kier molecular flexibility index (Phi) is 4.65. The summed E-state index contributed by atoms with van der Waals surface area (Å²) >= 11 is 6.97. The summed E-state index contributed by atoms with van der Waals surface area (Å²) in [5.74, 6) is 0. The largest absolute Gasteiger partial charge is 0.307 e. The van der Waals surface area contributed by atoms with Gasteiger partial charge in [0.15, 0.2) is 6.29 Å². The van der Waals surface area contributed by atoms with E-state index < -0.39 is 10.0 Å². The van der Waals surface area contributed by atoms with Gasteiger partial charge in [-0.1, -0.05) is 40.6 Å². The van der Waals surface area contributed by atoms with Crippen molar-refractivity contribution in [2.75, 3.05) is 0 Å². The van der Waals surface area contributed by atoms with Crippen molar-refractivity contribution in [2.45, 2.75) is 25.3 Å². The zero-order chi connectivity index (χ0) is 15.6. The molecular weight excluding hydrogens is 332 g/mol. The van der Waals surface area contributed by atoms with Crippen LogP contribution < -0.4 is 4.80 Å². The van der Waals surface area contributed by atoms with Gasteiger partial charge >= 0.3 is 0 Å². The summed E-state index contributed by atoms with van der Waals surface area (Å²) in [6, 6.07) is 6.41. The number of aldehydes is 1. The van der Waals surface area contributed by atoms with Crippen LogP contribution in [0.1, 0.15) is 22.2 Å². The van der Waals surface area contributed by atoms with Crippen molar-refractivity contribution in [3.8, 4) is 0 Å². The van der Waals surface area contributed by atoms with E-state index in [4.69, 9.17) is 11.6 Å². The molecule has 1 heterocycles. The fourth-order valence-electron chi connectivity index (χ4n) is 1.69. The van der Waals surface area contributed by atoms with Gasteiger partial charge < -0.3 is 4.57 Å². The third-order valence-corrected chi connectivity index (χ3v) is 5.73. The van der Waals surface area contributed by atoms with Crippen molar-refractivity contribution in [1.29, 1.82) is 0 Å². The molecule has 0 bridgehead atoms. The van der Waals surface area contributed by atoms with Crippen molar-refractivity contribution in [1.82, 2.24) is 4.57 Å². The lowest BCUT2D eigenvalue weighted by molar-refractivity contribution is 0.112. The average Bonchev–Trinajstić information content (AvgIpc) is 2.74. The predicted octanol–water partition coefficient (Wildman–Crippen LogP) is 2.63. The number of nitrogens with zero attached hydrogens (tertiary/aromatic N) is 2. The van der Waals surface area contributed by atoms with Crippen molar-refractivity contribution in [3.05, 3.63) is 44.7 Å². The highest BCUT2D eigenvalue weighted by molar-refractivity contribution is 7.90. The minimum atomic E-state index is -3.83. The first kappa shape index (κ1) is 15.9. The molecule has 0 saturated carbocycles. The Morgan fingerprint density at radius 1 is 1.33 bits per heavy atom. The molecule has 2 aromatic rings. The minimum absolute atomic E-state index is 0.105. The standard InChI is InChI=1S/C13H13ClN2O3S2/c1-3-16-12(14)11(8-17)20-13(16)15-21(18,19)10-6-4-9(2)5-7-10/h4-8H,3H2,1-2H3/b15-13+. The lowest BCUT2D eigenvalue weighted by atomic mass is 10.2. The summed E-state index contributed by atoms with van der Waals surface area (Å²) in [7, 11) is -3.83. The molecule has 0 unspecified atom stereocenters. The van der Waals surface area contributed by atoms with Gasteiger partial charge in [-0.15, -0.1) is 4.40 Å². The first-order chi connectivity index (χ1) is 9.89. The lowest BCUT2D eigenvalue weighted by Gasteiger charge is -2.01. The van der Waals surface area contributed by atoms with Crippen molar-refractivity contribution >= 4 is 39.2 Å². The van der Waals surface area contributed by atoms with E-state index in [0.29, 0.717) is 12.8 Å². The molecule has 0 fully saturated rings. The van der Waals surface area contributed by atoms with Crippen LogP contribution in [0.15, 0.2) is 33.6 Å². The topological polar surface area (TPSA) is 68.5 Å². The number of sulfonamides is 1. The number of thiazole rings is 1. The van der Waals surface area contributed by atoms with Crippen molar-refractivity contribution in [2.24, 2.45) is 4.40 Å². The molecule has 5 nitrogen and oxygen atoms in total. The SMILES string of the molecule is CCn1c(Cl)c(C=O)s/c1=N/S(=O)(=O)c1ccc(C)cc1. The zero-order valence-electron chi connectivity index (χ0n) is 11.4. The van der Waals surface area contributed by atoms with Crippen LogP contribution in [-0.2, 0) is 16.6 Å². The Hall–Kier alpha value is -1.44. The number of hydrogen-bond donors (Lipinski definition) is 0. The van der Waals surface area contributed by atoms with Gasteiger partial charge in [-0.05, 0) is 26.0 Å². The van der Waals surface area contributed by atoms with Crippen molar-refractivity contribution < 1.29 is 13.2 Å². The van der Waals surface area contributed by atoms with Crippen LogP contribution in [0, 0.1) is 6.92 Å². The van der Waals surface area contributed by atoms with Crippen LogP contribution in [-0.4, -0.2) is 19.3 Å². The molecule has 0 atom stereocenters. The Morgan fingerprint density at radius 2 is 1.95 bits per heavy atom. The lowest BCUT2D eigenvalue weighted by Crippen LogP contribution is -2.16. The fraction of sp³-hybridized carbons (Fsp3) is 0.231. The molecule has 0 N–H and O–H groups in total. The fourth-order valence-corrected chi connectivity index (χ4v) is 4.21. The van der Waals surface area contributed by atoms with E-state index in [-0.39, 0.29) is 19.7 Å². The van der Waals surface area contributed by atoms with E-state index in [1.54, 1.807) is 19.1 Å². The average molecular weight is 345 g/mol. The Morgan fingerprint density at radius 3 is 2.48 bits per heavy atom. The Labute approximate surface area is 131 Å². The Bertz CT molecular complexity index is 833. The van der Waals surface area contributed by atoms with Gasteiger partial charge in [0.2, 0.25) is 4.80 Å². The third kappa shape index (κ3) is 3.25. The molecule has 1 aromatic carbocycles. The van der Waals surface area contributed by atoms with E-state index in [9.17, 15) is 13.2 Å². The van der Waals surface area contributed by atoms with Gasteiger partial charge in [-0.2, -0.15) is 8.42 Å². The smallest absolute Gasteiger partial charge is 0.285 e. The Balaban J connectivity index is 2.62. The first-order valence-electron chi connectivity index (χ1n) is 6.11. The summed E-state index contributed by atoms with van der Waals surface area (Å²) < 4.78 is 29.9. The van der Waals surface area contributed by atoms with Gasteiger partial charge in [0.25, 0.3) is 10.0 Å². The highest BCUT2D eigenvalue weighted by Crippen LogP contribution is 2.18. The quantitative estimate of drug-likeness (QED) is 0.801. The van der Waals surface area contributed by atoms with Gasteiger partial charge in [0.05, 0.1) is 4.90 Å². The molecule has 0 aliphatic heterocycles. The van der Waals surface area contributed by atoms with Crippen LogP contribution in [0.3, 0.4) is 0 Å². The second kappa shape index (κ2) is 6.13. The molecule has 0 spiro atoms. The summed E-state index contributed by atoms with van der Waals surface area (Å²) in [4.78, 5) is 11.5. The molecule has 0 saturated heterocycles. The number of rotatable bonds is 4. The van der Waals surface area contributed by atoms with E-state index in [1.807, 2.05) is 6.92 Å². The van der Waals surface area contributed by atoms with E-state index in [0.717, 1.165) is 16.9 Å². The summed E-state index contributed by atoms with van der Waals surface area (Å²) in [6.45, 7) is 4.09. The van der Waals surface area contributed by atoms with Crippen molar-refractivity contribution in [3.63, 3.8) is 0 Å². The molecule has 1 aromatic heterocycles. The zero-order valence-corrected chi connectivity index (χ0v) is 13.8. The second-order valence-corrected chi connectivity index (χ2v) is 7.25. The molecule has 2 rings (SSSR count). The van der Waals surface area contributed by atoms with E-state index in [1.165, 1.54) is 16.7 Å². The summed E-state index contributed by atoms with van der Waals surface area (Å²) in [5, 5.41) is 0.204. The maximum atomic E-state index is 12.3. The first-order valence-corrected chi connectivity index (χ1v) is 8.74. The molecule has 112 valence electrons. The number of aryl methyl sites for hydroxylation is 1. The molecule has 8 heteroatoms. The number of halogens is 1. The molecule has 0 aliphatic rings. The summed E-state index contributed by atoms with van der Waals surface area (Å²) in [5.41, 5.74) is 0.958. The van der Waals surface area contributed by atoms with Gasteiger partial charge in [0, 0.05) is 6.54 Å². The number of benzene rings is 1. The maximum Gasteiger partial charge on any atom is 0.285 e. The molecule has 0 amide bonds. The van der Waals surface area contributed by atoms with Gasteiger partial charge in [-0.25, -0.2) is 0 Å². The van der Waals surface area contributed by atoms with Crippen LogP contribution in [0.2, 0.25) is 5.15 Å². The highest BCUT2D eigenvalue weighted by Gasteiger charge is 2.15. The van der Waals surface area contributed by atoms with Crippen LogP contribution in [0.25, 0.3) is 0 Å². The van der Waals surface area contributed by atoms with Crippen LogP contribution in [0.4, 0.5) is 0 Å². The normalized spacial score (nSPS) is 12.6. The van der Waals surface area contributed by atoms with E-state index >= 15 is 0 Å². The number of carbonyl (C=O) groups excluding carboxylic acids is 1. The number of aromatic nitrogens is 1. The van der Waals surface area contributed by atoms with Crippen LogP contribution >= 0.6 is 22.9 Å². The third-order valence-electron chi connectivity index (χ3n) is 2.81. The molecule has 21 heavy (non-hydrogen) atoms. The summed E-state index contributed by atoms with van der Waals surface area (Å²) in [6.07, 6.45) is 0.594. The monoisotopic (exact) mass is 344 g/mol. The number of carbonyl (C=O) groups is 1. The highest BCUT2D eigenvalue weighted by atomic mass is 35.5. The molecular formula is C13H13ClN2O3S2. The van der Waals surface area contributed by atoms with Gasteiger partial charge in [0.1, 0.15) is 10.0 Å². The predicted molar refractivity (Wildman–Crippen MR) is 82.3 cm³/mol. The maximum absolute atomic E-state index is 12.3. The molecule has 0 aliphatic carbocycles. The second-order valence-electron chi connectivity index (χ2n) is 4.28. The van der Waals surface area contributed by atoms with Crippen LogP contribution in [0.5, 0.6) is 0 Å². The number of hydrogen-bond acceptors (Lipinski definition) is 4. The molecule has 0 radical (unpaired) electrons. The van der Waals surface area contributed by atoms with E-state index in [2.05, 4.69) is 4.40 Å². The minimum Gasteiger partial charge on any atom is -0.307 e.